The summed E-state index contributed by atoms with van der Waals surface area (Å²) < 4.78 is 5.02. The van der Waals surface area contributed by atoms with Crippen LogP contribution in [-0.4, -0.2) is 48.8 Å². The molecule has 7 heteroatoms. The van der Waals surface area contributed by atoms with Crippen LogP contribution in [0, 0.1) is 0 Å². The predicted molar refractivity (Wildman–Crippen MR) is 107 cm³/mol. The number of anilines is 1. The molecule has 0 atom stereocenters. The molecule has 0 unspecified atom stereocenters. The van der Waals surface area contributed by atoms with Crippen molar-refractivity contribution in [1.29, 1.82) is 0 Å². The number of methoxy groups -OCH3 is 1. The SMILES string of the molecule is CCN1CCC(NC(=S)Nc2sc3c(c2C(=O)OC)CCCC3)CC1. The number of nitrogens with one attached hydrogen (secondary N) is 2. The molecule has 0 radical (unpaired) electrons. The van der Waals surface area contributed by atoms with Gasteiger partial charge in [0.2, 0.25) is 0 Å². The lowest BCUT2D eigenvalue weighted by molar-refractivity contribution is 0.0601. The van der Waals surface area contributed by atoms with E-state index < -0.39 is 0 Å². The van der Waals surface area contributed by atoms with Crippen molar-refractivity contribution in [2.75, 3.05) is 32.1 Å². The van der Waals surface area contributed by atoms with Gasteiger partial charge in [0.1, 0.15) is 5.00 Å². The summed E-state index contributed by atoms with van der Waals surface area (Å²) in [6, 6.07) is 0.402. The van der Waals surface area contributed by atoms with Gasteiger partial charge in [-0.3, -0.25) is 0 Å². The predicted octanol–water partition coefficient (Wildman–Crippen LogP) is 3.18. The molecule has 0 saturated carbocycles. The first kappa shape index (κ1) is 18.6. The smallest absolute Gasteiger partial charge is 0.341 e. The van der Waals surface area contributed by atoms with E-state index in [2.05, 4.69) is 22.5 Å². The molecule has 2 aliphatic rings. The summed E-state index contributed by atoms with van der Waals surface area (Å²) in [4.78, 5) is 16.0. The second-order valence-corrected chi connectivity index (χ2v) is 8.23. The zero-order valence-corrected chi connectivity index (χ0v) is 16.7. The summed E-state index contributed by atoms with van der Waals surface area (Å²) >= 11 is 7.17. The van der Waals surface area contributed by atoms with Gasteiger partial charge in [-0.15, -0.1) is 11.3 Å². The van der Waals surface area contributed by atoms with Crippen molar-refractivity contribution in [2.45, 2.75) is 51.5 Å². The summed E-state index contributed by atoms with van der Waals surface area (Å²) in [6.45, 7) is 5.53. The number of ether oxygens (including phenoxy) is 1. The van der Waals surface area contributed by atoms with Gasteiger partial charge in [-0.2, -0.15) is 0 Å². The van der Waals surface area contributed by atoms with E-state index in [9.17, 15) is 4.79 Å². The molecule has 138 valence electrons. The average molecular weight is 382 g/mol. The van der Waals surface area contributed by atoms with Crippen molar-refractivity contribution in [1.82, 2.24) is 10.2 Å². The van der Waals surface area contributed by atoms with E-state index in [1.807, 2.05) is 0 Å². The number of aryl methyl sites for hydroxylation is 1. The van der Waals surface area contributed by atoms with Gasteiger partial charge in [0.15, 0.2) is 5.11 Å². The Morgan fingerprint density at radius 1 is 1.32 bits per heavy atom. The molecule has 25 heavy (non-hydrogen) atoms. The molecule has 1 aliphatic heterocycles. The van der Waals surface area contributed by atoms with E-state index in [-0.39, 0.29) is 5.97 Å². The summed E-state index contributed by atoms with van der Waals surface area (Å²) in [5.41, 5.74) is 1.84. The number of rotatable bonds is 4. The van der Waals surface area contributed by atoms with Crippen LogP contribution in [0.15, 0.2) is 0 Å². The molecule has 5 nitrogen and oxygen atoms in total. The fourth-order valence-electron chi connectivity index (χ4n) is 3.69. The van der Waals surface area contributed by atoms with Gasteiger partial charge in [0.05, 0.1) is 12.7 Å². The number of esters is 1. The van der Waals surface area contributed by atoms with Crippen molar-refractivity contribution in [3.05, 3.63) is 16.0 Å². The molecular weight excluding hydrogens is 354 g/mol. The average Bonchev–Trinajstić information content (AvgIpc) is 2.99. The Kier molecular flexibility index (Phi) is 6.30. The van der Waals surface area contributed by atoms with Crippen molar-refractivity contribution in [3.63, 3.8) is 0 Å². The molecule has 0 spiro atoms. The molecule has 3 rings (SSSR count). The van der Waals surface area contributed by atoms with Crippen LogP contribution in [0.25, 0.3) is 0 Å². The van der Waals surface area contributed by atoms with Crippen LogP contribution in [0.4, 0.5) is 5.00 Å². The number of fused-ring (bicyclic) bond motifs is 1. The Bertz CT molecular complexity index is 637. The third-order valence-electron chi connectivity index (χ3n) is 5.16. The summed E-state index contributed by atoms with van der Waals surface area (Å²) in [7, 11) is 1.44. The van der Waals surface area contributed by atoms with Crippen molar-refractivity contribution < 1.29 is 9.53 Å². The fourth-order valence-corrected chi connectivity index (χ4v) is 5.31. The minimum atomic E-state index is -0.263. The van der Waals surface area contributed by atoms with Gasteiger partial charge in [-0.25, -0.2) is 4.79 Å². The van der Waals surface area contributed by atoms with Crippen LogP contribution in [0.2, 0.25) is 0 Å². The molecule has 0 bridgehead atoms. The molecule has 0 aromatic carbocycles. The fraction of sp³-hybridized carbons (Fsp3) is 0.667. The third-order valence-corrected chi connectivity index (χ3v) is 6.59. The number of hydrogen-bond donors (Lipinski definition) is 2. The zero-order valence-electron chi connectivity index (χ0n) is 15.0. The van der Waals surface area contributed by atoms with Gasteiger partial charge in [0.25, 0.3) is 0 Å². The Balaban J connectivity index is 1.67. The van der Waals surface area contributed by atoms with Crippen LogP contribution >= 0.6 is 23.6 Å². The second-order valence-electron chi connectivity index (χ2n) is 6.71. The largest absolute Gasteiger partial charge is 0.465 e. The van der Waals surface area contributed by atoms with Crippen molar-refractivity contribution in [2.24, 2.45) is 0 Å². The molecule has 1 saturated heterocycles. The van der Waals surface area contributed by atoms with Crippen LogP contribution in [0.5, 0.6) is 0 Å². The molecule has 1 aliphatic carbocycles. The standard InChI is InChI=1S/C18H27N3O2S2/c1-3-21-10-8-12(9-11-21)19-18(24)20-16-15(17(22)23-2)13-6-4-5-7-14(13)25-16/h12H,3-11H2,1-2H3,(H2,19,20,24). The maximum atomic E-state index is 12.3. The lowest BCUT2D eigenvalue weighted by atomic mass is 9.95. The Hall–Kier alpha value is -1.18. The number of carbonyl (C=O) groups excluding carboxylic acids is 1. The number of likely N-dealkylation sites (tertiary alicyclic amines) is 1. The van der Waals surface area contributed by atoms with Gasteiger partial charge in [-0.05, 0) is 62.9 Å². The lowest BCUT2D eigenvalue weighted by Gasteiger charge is -2.32. The van der Waals surface area contributed by atoms with Gasteiger partial charge in [-0.1, -0.05) is 6.92 Å². The van der Waals surface area contributed by atoms with E-state index in [0.717, 1.165) is 62.3 Å². The van der Waals surface area contributed by atoms with E-state index in [1.165, 1.54) is 18.4 Å². The van der Waals surface area contributed by atoms with Gasteiger partial charge >= 0.3 is 5.97 Å². The molecule has 1 aromatic rings. The first-order chi connectivity index (χ1) is 12.1. The van der Waals surface area contributed by atoms with Crippen LogP contribution in [0.1, 0.15) is 53.4 Å². The van der Waals surface area contributed by atoms with Gasteiger partial charge in [0, 0.05) is 24.0 Å². The van der Waals surface area contributed by atoms with Crippen molar-refractivity contribution in [3.8, 4) is 0 Å². The molecule has 0 amide bonds. The van der Waals surface area contributed by atoms with Crippen LogP contribution in [0.3, 0.4) is 0 Å². The summed E-state index contributed by atoms with van der Waals surface area (Å²) in [6.07, 6.45) is 6.51. The molecule has 1 fully saturated rings. The van der Waals surface area contributed by atoms with E-state index in [1.54, 1.807) is 11.3 Å². The first-order valence-electron chi connectivity index (χ1n) is 9.15. The highest BCUT2D eigenvalue weighted by Crippen LogP contribution is 2.38. The van der Waals surface area contributed by atoms with Crippen molar-refractivity contribution >= 4 is 39.6 Å². The normalized spacial score (nSPS) is 18.5. The molecule has 2 heterocycles. The summed E-state index contributed by atoms with van der Waals surface area (Å²) in [5.74, 6) is -0.263. The number of nitrogens with zero attached hydrogens (tertiary/aromatic N) is 1. The lowest BCUT2D eigenvalue weighted by Crippen LogP contribution is -2.45. The van der Waals surface area contributed by atoms with E-state index in [4.69, 9.17) is 17.0 Å². The van der Waals surface area contributed by atoms with Crippen LogP contribution in [-0.2, 0) is 17.6 Å². The first-order valence-corrected chi connectivity index (χ1v) is 10.4. The number of carbonyl (C=O) groups is 1. The number of thiophene rings is 1. The minimum absolute atomic E-state index is 0.263. The highest BCUT2D eigenvalue weighted by molar-refractivity contribution is 7.80. The van der Waals surface area contributed by atoms with E-state index in [0.29, 0.717) is 16.7 Å². The number of thiocarbonyl (C=S) groups is 1. The summed E-state index contributed by atoms with van der Waals surface area (Å²) in [5, 5.41) is 8.15. The quantitative estimate of drug-likeness (QED) is 0.617. The Morgan fingerprint density at radius 2 is 2.04 bits per heavy atom. The Morgan fingerprint density at radius 3 is 2.72 bits per heavy atom. The molecule has 2 N–H and O–H groups in total. The zero-order chi connectivity index (χ0) is 17.8. The molecule has 1 aromatic heterocycles. The third kappa shape index (κ3) is 4.33. The Labute approximate surface area is 159 Å². The highest BCUT2D eigenvalue weighted by Gasteiger charge is 2.27. The topological polar surface area (TPSA) is 53.6 Å². The maximum absolute atomic E-state index is 12.3. The monoisotopic (exact) mass is 381 g/mol. The minimum Gasteiger partial charge on any atom is -0.465 e. The van der Waals surface area contributed by atoms with Gasteiger partial charge < -0.3 is 20.3 Å². The second kappa shape index (κ2) is 8.47. The maximum Gasteiger partial charge on any atom is 0.341 e. The number of piperidine rings is 1. The van der Waals surface area contributed by atoms with Crippen LogP contribution < -0.4 is 10.6 Å². The van der Waals surface area contributed by atoms with E-state index >= 15 is 0 Å². The highest BCUT2D eigenvalue weighted by atomic mass is 32.1. The number of hydrogen-bond acceptors (Lipinski definition) is 5. The molecular formula is C18H27N3O2S2.